The molecule has 0 saturated carbocycles. The molecule has 1 nitrogen and oxygen atoms in total. The second-order valence-corrected chi connectivity index (χ2v) is 48.0. The maximum absolute atomic E-state index is 4.29. The average Bonchev–Trinajstić information content (AvgIpc) is 3.53. The highest BCUT2D eigenvalue weighted by molar-refractivity contribution is 14.2. The first-order valence-electron chi connectivity index (χ1n) is 20.0. The van der Waals surface area contributed by atoms with Crippen molar-refractivity contribution in [2.75, 3.05) is 5.32 Å². The lowest BCUT2D eigenvalue weighted by atomic mass is 9.86. The second-order valence-electron chi connectivity index (χ2n) is 15.7. The van der Waals surface area contributed by atoms with Gasteiger partial charge in [-0.2, -0.15) is 0 Å². The number of halogens is 30. The number of rotatable bonds is 8. The Kier molecular flexibility index (Phi) is 34.9. The standard InChI is InChI=1S/C48H5I30N/c49-19-13(20(50)32(62)43(73)31(19)61)7-1-5(2-8(14-21(51)33(63)44(74)34(64)22(14)52)11(7)17-27(57)39(69)47(77)40(70)28(17)58)79-6-3-9(15-23(53)35(65)45(75)36(66)24(15)54)12(18-29(59)41(71)48(78)42(72)30(18)60)10(4-6)16-25(55)37(67)46(76)38(68)26(16)56/h1-4,79H. The molecule has 0 aliphatic heterocycles. The van der Waals surface area contributed by atoms with Gasteiger partial charge in [0.05, 0.1) is 0 Å². The zero-order valence-corrected chi connectivity index (χ0v) is 101. The van der Waals surface area contributed by atoms with Crippen molar-refractivity contribution in [3.05, 3.63) is 131 Å². The number of hydrogen-bond acceptors (Lipinski definition) is 1. The highest BCUT2D eigenvalue weighted by atomic mass is 127. The molecular formula is C48H5I30N. The maximum Gasteiger partial charge on any atom is 0.0419 e. The summed E-state index contributed by atoms with van der Waals surface area (Å²) in [6.45, 7) is 0. The lowest BCUT2D eigenvalue weighted by molar-refractivity contribution is 1.38. The first-order chi connectivity index (χ1) is 36.7. The molecule has 0 bridgehead atoms. The Morgan fingerprint density at radius 2 is 0.253 bits per heavy atom. The molecule has 0 atom stereocenters. The molecule has 8 aromatic rings. The first-order valence-corrected chi connectivity index (χ1v) is 52.3. The molecule has 0 aromatic heterocycles. The highest BCUT2D eigenvalue weighted by Crippen LogP contribution is 2.57. The van der Waals surface area contributed by atoms with Crippen molar-refractivity contribution in [3.63, 3.8) is 0 Å². The summed E-state index contributed by atoms with van der Waals surface area (Å²) in [6.07, 6.45) is 0. The van der Waals surface area contributed by atoms with E-state index in [1.165, 1.54) is 174 Å². The second kappa shape index (κ2) is 34.4. The summed E-state index contributed by atoms with van der Waals surface area (Å²) < 4.78 is 38.1. The van der Waals surface area contributed by atoms with Crippen molar-refractivity contribution in [3.8, 4) is 66.8 Å². The van der Waals surface area contributed by atoms with Crippen LogP contribution in [0.2, 0.25) is 0 Å². The smallest absolute Gasteiger partial charge is 0.0419 e. The molecule has 1 N–H and O–H groups in total. The third-order valence-corrected chi connectivity index (χ3v) is 68.5. The van der Waals surface area contributed by atoms with E-state index >= 15 is 0 Å². The highest BCUT2D eigenvalue weighted by Gasteiger charge is 2.34. The van der Waals surface area contributed by atoms with Crippen LogP contribution in [0.5, 0.6) is 0 Å². The van der Waals surface area contributed by atoms with E-state index in [9.17, 15) is 0 Å². The Bertz CT molecular complexity index is 3440. The fourth-order valence-corrected chi connectivity index (χ4v) is 39.9. The fourth-order valence-electron chi connectivity index (χ4n) is 7.94. The number of anilines is 2. The fraction of sp³-hybridized carbons (Fsp3) is 0. The predicted molar refractivity (Wildman–Crippen MR) is 590 cm³/mol. The molecule has 31 heteroatoms. The minimum absolute atomic E-state index is 1.03. The topological polar surface area (TPSA) is 12.0 Å². The van der Waals surface area contributed by atoms with Gasteiger partial charge in [0.15, 0.2) is 0 Å². The SMILES string of the molecule is Ic1c(I)c(I)c(-c2cc(Nc3cc(-c4c(I)c(I)c(I)c(I)c4I)c(-c4c(I)c(I)c(I)c(I)c4I)c(-c4c(I)c(I)c(I)c(I)c4I)c3)cc(-c3c(I)c(I)c(I)c(I)c3I)c2-c2c(I)c(I)c(I)c(I)c2I)c(I)c1I. The van der Waals surface area contributed by atoms with Gasteiger partial charge < -0.3 is 5.32 Å². The van der Waals surface area contributed by atoms with E-state index in [4.69, 9.17) is 0 Å². The Hall–Kier alpha value is 15.5. The van der Waals surface area contributed by atoms with E-state index in [2.05, 4.69) is 707 Å². The van der Waals surface area contributed by atoms with Crippen LogP contribution in [0.1, 0.15) is 0 Å². The molecule has 0 spiro atoms. The van der Waals surface area contributed by atoms with Crippen molar-refractivity contribution >= 4 is 689 Å². The van der Waals surface area contributed by atoms with Crippen LogP contribution in [0.4, 0.5) is 11.4 Å². The van der Waals surface area contributed by atoms with Gasteiger partial charge in [-0.15, -0.1) is 0 Å². The minimum Gasteiger partial charge on any atom is -0.355 e. The van der Waals surface area contributed by atoms with Crippen LogP contribution in [0.15, 0.2) is 24.3 Å². The van der Waals surface area contributed by atoms with E-state index in [1.54, 1.807) is 0 Å². The lowest BCUT2D eigenvalue weighted by Crippen LogP contribution is -2.09. The monoisotopic (exact) mass is 4400 g/mol. The Morgan fingerprint density at radius 1 is 0.139 bits per heavy atom. The zero-order chi connectivity index (χ0) is 58.9. The number of benzene rings is 8. The quantitative estimate of drug-likeness (QED) is 0.0908. The van der Waals surface area contributed by atoms with Crippen molar-refractivity contribution in [1.82, 2.24) is 0 Å². The molecule has 0 heterocycles. The summed E-state index contributed by atoms with van der Waals surface area (Å²) in [4.78, 5) is 0. The normalized spacial score (nSPS) is 11.7. The molecule has 0 radical (unpaired) electrons. The van der Waals surface area contributed by atoms with Gasteiger partial charge in [-0.3, -0.25) is 0 Å². The van der Waals surface area contributed by atoms with Crippen LogP contribution in [-0.2, 0) is 0 Å². The van der Waals surface area contributed by atoms with Gasteiger partial charge in [-0.1, -0.05) is 0 Å². The maximum atomic E-state index is 4.29. The summed E-state index contributed by atoms with van der Waals surface area (Å²) in [7, 11) is 0. The van der Waals surface area contributed by atoms with Gasteiger partial charge in [0.1, 0.15) is 0 Å². The van der Waals surface area contributed by atoms with Gasteiger partial charge in [0, 0.05) is 152 Å². The van der Waals surface area contributed by atoms with E-state index in [1.807, 2.05) is 0 Å². The largest absolute Gasteiger partial charge is 0.355 e. The van der Waals surface area contributed by atoms with Crippen LogP contribution in [0, 0.1) is 107 Å². The van der Waals surface area contributed by atoms with Crippen LogP contribution in [0.3, 0.4) is 0 Å². The molecule has 0 fully saturated rings. The van der Waals surface area contributed by atoms with Gasteiger partial charge in [-0.25, -0.2) is 0 Å². The van der Waals surface area contributed by atoms with Crippen molar-refractivity contribution < 1.29 is 0 Å². The van der Waals surface area contributed by atoms with E-state index < -0.39 is 0 Å². The Balaban J connectivity index is 1.67. The molecule has 8 rings (SSSR count). The molecule has 0 unspecified atom stereocenters. The molecule has 8 aromatic carbocycles. The van der Waals surface area contributed by atoms with Crippen LogP contribution in [-0.4, -0.2) is 0 Å². The predicted octanol–water partition coefficient (Wildman–Crippen LogP) is 31.6. The van der Waals surface area contributed by atoms with Crippen LogP contribution < -0.4 is 5.32 Å². The third kappa shape index (κ3) is 16.2. The lowest BCUT2D eigenvalue weighted by Gasteiger charge is -2.27. The molecular weight excluding hydrogens is 4400 g/mol. The zero-order valence-electron chi connectivity index (χ0n) is 36.1. The van der Waals surface area contributed by atoms with Crippen LogP contribution >= 0.6 is 678 Å². The minimum atomic E-state index is 1.03. The number of hydrogen-bond donors (Lipinski definition) is 1. The summed E-state index contributed by atoms with van der Waals surface area (Å²) in [5.41, 5.74) is 17.0. The van der Waals surface area contributed by atoms with Gasteiger partial charge >= 0.3 is 0 Å². The molecule has 0 saturated heterocycles. The van der Waals surface area contributed by atoms with E-state index in [-0.39, 0.29) is 0 Å². The van der Waals surface area contributed by atoms with Crippen molar-refractivity contribution in [1.29, 1.82) is 0 Å². The van der Waals surface area contributed by atoms with E-state index in [0.717, 1.165) is 11.4 Å². The number of nitrogens with one attached hydrogen (secondary N) is 1. The average molecular weight is 4400 g/mol. The Labute approximate surface area is 866 Å². The molecule has 0 amide bonds. The molecule has 0 aliphatic carbocycles. The van der Waals surface area contributed by atoms with E-state index in [0.29, 0.717) is 0 Å². The summed E-state index contributed by atoms with van der Waals surface area (Å²) >= 11 is 78.1. The van der Waals surface area contributed by atoms with Crippen molar-refractivity contribution in [2.45, 2.75) is 0 Å². The van der Waals surface area contributed by atoms with Crippen molar-refractivity contribution in [2.24, 2.45) is 0 Å². The third-order valence-electron chi connectivity index (χ3n) is 11.4. The van der Waals surface area contributed by atoms with Gasteiger partial charge in [0.25, 0.3) is 0 Å². The summed E-state index contributed by atoms with van der Waals surface area (Å²) in [5.74, 6) is 0. The molecule has 412 valence electrons. The molecule has 79 heavy (non-hydrogen) atoms. The summed E-state index contributed by atoms with van der Waals surface area (Å²) in [5, 5.41) is 4.29. The summed E-state index contributed by atoms with van der Waals surface area (Å²) in [6, 6.07) is 9.89. The van der Waals surface area contributed by atoms with Gasteiger partial charge in [-0.05, 0) is 735 Å². The molecule has 0 aliphatic rings. The van der Waals surface area contributed by atoms with Gasteiger partial charge in [0.2, 0.25) is 0 Å². The first kappa shape index (κ1) is 80.2. The Morgan fingerprint density at radius 3 is 0.392 bits per heavy atom. The van der Waals surface area contributed by atoms with Crippen LogP contribution in [0.25, 0.3) is 66.8 Å².